The van der Waals surface area contributed by atoms with Crippen LogP contribution in [0, 0.1) is 0 Å². The fourth-order valence-corrected chi connectivity index (χ4v) is 3.92. The molecule has 0 radical (unpaired) electrons. The van der Waals surface area contributed by atoms with Crippen molar-refractivity contribution < 1.29 is 0 Å². The number of rotatable bonds is 8. The van der Waals surface area contributed by atoms with E-state index in [0.717, 1.165) is 28.0 Å². The summed E-state index contributed by atoms with van der Waals surface area (Å²) in [4.78, 5) is 2.41. The summed E-state index contributed by atoms with van der Waals surface area (Å²) in [5.74, 6) is 1.17. The third kappa shape index (κ3) is 5.57. The van der Waals surface area contributed by atoms with Crippen LogP contribution >= 0.6 is 39.3 Å². The van der Waals surface area contributed by atoms with Crippen LogP contribution in [-0.2, 0) is 0 Å². The van der Waals surface area contributed by atoms with Gasteiger partial charge in [0.2, 0.25) is 0 Å². The Balaban J connectivity index is 2.55. The van der Waals surface area contributed by atoms with Crippen molar-refractivity contribution in [3.05, 3.63) is 33.3 Å². The summed E-state index contributed by atoms with van der Waals surface area (Å²) in [6.45, 7) is 3.23. The van der Waals surface area contributed by atoms with E-state index < -0.39 is 0 Å². The summed E-state index contributed by atoms with van der Waals surface area (Å²) in [7, 11) is 2.18. The van der Waals surface area contributed by atoms with E-state index in [9.17, 15) is 0 Å². The van der Waals surface area contributed by atoms with Gasteiger partial charge in [0.05, 0.1) is 0 Å². The molecule has 0 aliphatic heterocycles. The molecule has 5 heteroatoms. The standard InChI is InChI=1S/C15H24BrClN2S/c1-4-12(10-20-3)19(2)8-7-15(18)13-6-5-11(16)9-14(13)17/h5-6,9,12,15H,4,7-8,10,18H2,1-3H3. The Kier molecular flexibility index (Phi) is 8.53. The quantitative estimate of drug-likeness (QED) is 0.717. The third-order valence-corrected chi connectivity index (χ3v) is 5.15. The van der Waals surface area contributed by atoms with Gasteiger partial charge in [0.15, 0.2) is 0 Å². The molecule has 1 rings (SSSR count). The summed E-state index contributed by atoms with van der Waals surface area (Å²) in [5, 5.41) is 0.741. The van der Waals surface area contributed by atoms with Gasteiger partial charge < -0.3 is 10.6 Å². The summed E-state index contributed by atoms with van der Waals surface area (Å²) in [6.07, 6.45) is 4.25. The molecule has 2 unspecified atom stereocenters. The number of hydrogen-bond donors (Lipinski definition) is 1. The van der Waals surface area contributed by atoms with Crippen LogP contribution in [0.4, 0.5) is 0 Å². The van der Waals surface area contributed by atoms with E-state index in [1.54, 1.807) is 0 Å². The van der Waals surface area contributed by atoms with Crippen LogP contribution in [0.1, 0.15) is 31.4 Å². The van der Waals surface area contributed by atoms with E-state index in [1.807, 2.05) is 30.0 Å². The first-order valence-corrected chi connectivity index (χ1v) is 9.45. The normalized spacial score (nSPS) is 14.6. The van der Waals surface area contributed by atoms with Crippen LogP contribution < -0.4 is 5.73 Å². The van der Waals surface area contributed by atoms with Gasteiger partial charge in [0, 0.05) is 27.3 Å². The summed E-state index contributed by atoms with van der Waals surface area (Å²) >= 11 is 11.6. The number of thioether (sulfide) groups is 1. The van der Waals surface area contributed by atoms with Crippen molar-refractivity contribution >= 4 is 39.3 Å². The van der Waals surface area contributed by atoms with Crippen LogP contribution in [-0.4, -0.2) is 36.5 Å². The van der Waals surface area contributed by atoms with E-state index in [1.165, 1.54) is 12.2 Å². The highest BCUT2D eigenvalue weighted by Gasteiger charge is 2.15. The molecule has 20 heavy (non-hydrogen) atoms. The van der Waals surface area contributed by atoms with Crippen LogP contribution in [0.5, 0.6) is 0 Å². The molecule has 2 atom stereocenters. The molecule has 2 N–H and O–H groups in total. The fourth-order valence-electron chi connectivity index (χ4n) is 2.23. The highest BCUT2D eigenvalue weighted by atomic mass is 79.9. The largest absolute Gasteiger partial charge is 0.324 e. The summed E-state index contributed by atoms with van der Waals surface area (Å²) < 4.78 is 0.988. The maximum Gasteiger partial charge on any atom is 0.0464 e. The van der Waals surface area contributed by atoms with Gasteiger partial charge in [-0.05, 0) is 50.4 Å². The van der Waals surface area contributed by atoms with Gasteiger partial charge in [-0.2, -0.15) is 11.8 Å². The average molecular weight is 380 g/mol. The zero-order valence-electron chi connectivity index (χ0n) is 12.4. The molecule has 114 valence electrons. The molecule has 0 aliphatic carbocycles. The van der Waals surface area contributed by atoms with Crippen molar-refractivity contribution in [1.82, 2.24) is 4.90 Å². The Bertz CT molecular complexity index is 417. The molecular formula is C15H24BrClN2S. The first kappa shape index (κ1) is 18.3. The monoisotopic (exact) mass is 378 g/mol. The molecule has 0 bridgehead atoms. The van der Waals surface area contributed by atoms with Gasteiger partial charge in [-0.3, -0.25) is 0 Å². The van der Waals surface area contributed by atoms with Gasteiger partial charge >= 0.3 is 0 Å². The lowest BCUT2D eigenvalue weighted by Gasteiger charge is -2.27. The molecule has 1 aromatic rings. The average Bonchev–Trinajstić information content (AvgIpc) is 2.41. The number of halogens is 2. The van der Waals surface area contributed by atoms with Gasteiger partial charge in [0.25, 0.3) is 0 Å². The van der Waals surface area contributed by atoms with Crippen LogP contribution in [0.25, 0.3) is 0 Å². The summed E-state index contributed by atoms with van der Waals surface area (Å²) in [6, 6.07) is 6.52. The molecule has 0 aromatic heterocycles. The Morgan fingerprint density at radius 3 is 2.70 bits per heavy atom. The minimum Gasteiger partial charge on any atom is -0.324 e. The molecule has 0 aliphatic rings. The van der Waals surface area contributed by atoms with E-state index in [-0.39, 0.29) is 6.04 Å². The number of benzene rings is 1. The first-order chi connectivity index (χ1) is 9.49. The van der Waals surface area contributed by atoms with E-state index in [2.05, 4.69) is 41.1 Å². The zero-order chi connectivity index (χ0) is 15.1. The minimum absolute atomic E-state index is 0.00941. The van der Waals surface area contributed by atoms with Crippen molar-refractivity contribution in [2.24, 2.45) is 5.73 Å². The molecule has 0 saturated heterocycles. The maximum absolute atomic E-state index is 6.28. The molecule has 0 fully saturated rings. The highest BCUT2D eigenvalue weighted by molar-refractivity contribution is 9.10. The van der Waals surface area contributed by atoms with Crippen molar-refractivity contribution in [3.8, 4) is 0 Å². The van der Waals surface area contributed by atoms with Crippen molar-refractivity contribution in [2.45, 2.75) is 31.8 Å². The topological polar surface area (TPSA) is 29.3 Å². The van der Waals surface area contributed by atoms with Gasteiger partial charge in [-0.25, -0.2) is 0 Å². The summed E-state index contributed by atoms with van der Waals surface area (Å²) in [5.41, 5.74) is 7.31. The van der Waals surface area contributed by atoms with Gasteiger partial charge in [0.1, 0.15) is 0 Å². The van der Waals surface area contributed by atoms with E-state index in [4.69, 9.17) is 17.3 Å². The van der Waals surface area contributed by atoms with Gasteiger partial charge in [-0.1, -0.05) is 40.5 Å². The van der Waals surface area contributed by atoms with Crippen molar-refractivity contribution in [1.29, 1.82) is 0 Å². The minimum atomic E-state index is -0.00941. The van der Waals surface area contributed by atoms with Crippen LogP contribution in [0.15, 0.2) is 22.7 Å². The first-order valence-electron chi connectivity index (χ1n) is 6.89. The molecule has 0 spiro atoms. The third-order valence-electron chi connectivity index (χ3n) is 3.61. The molecule has 1 aromatic carbocycles. The molecule has 0 saturated carbocycles. The second-order valence-corrected chi connectivity index (χ2v) is 7.29. The SMILES string of the molecule is CCC(CSC)N(C)CCC(N)c1ccc(Br)cc1Cl. The lowest BCUT2D eigenvalue weighted by atomic mass is 10.0. The molecule has 0 amide bonds. The molecule has 0 heterocycles. The number of hydrogen-bond acceptors (Lipinski definition) is 3. The van der Waals surface area contributed by atoms with Gasteiger partial charge in [-0.15, -0.1) is 0 Å². The molecular weight excluding hydrogens is 356 g/mol. The smallest absolute Gasteiger partial charge is 0.0464 e. The lowest BCUT2D eigenvalue weighted by Crippen LogP contribution is -2.35. The lowest BCUT2D eigenvalue weighted by molar-refractivity contribution is 0.247. The maximum atomic E-state index is 6.28. The Labute approximate surface area is 140 Å². The number of nitrogens with zero attached hydrogens (tertiary/aromatic N) is 1. The predicted octanol–water partition coefficient (Wildman–Crippen LogP) is 4.57. The van der Waals surface area contributed by atoms with E-state index in [0.29, 0.717) is 6.04 Å². The zero-order valence-corrected chi connectivity index (χ0v) is 15.6. The second kappa shape index (κ2) is 9.31. The second-order valence-electron chi connectivity index (χ2n) is 5.06. The highest BCUT2D eigenvalue weighted by Crippen LogP contribution is 2.27. The van der Waals surface area contributed by atoms with Crippen molar-refractivity contribution in [2.75, 3.05) is 25.6 Å². The Hall–Kier alpha value is 0.260. The Morgan fingerprint density at radius 2 is 2.15 bits per heavy atom. The van der Waals surface area contributed by atoms with E-state index >= 15 is 0 Å². The fraction of sp³-hybridized carbons (Fsp3) is 0.600. The Morgan fingerprint density at radius 1 is 1.45 bits per heavy atom. The van der Waals surface area contributed by atoms with Crippen molar-refractivity contribution in [3.63, 3.8) is 0 Å². The number of nitrogens with two attached hydrogens (primary N) is 1. The van der Waals surface area contributed by atoms with Crippen LogP contribution in [0.2, 0.25) is 5.02 Å². The molecule has 2 nitrogen and oxygen atoms in total. The van der Waals surface area contributed by atoms with Crippen LogP contribution in [0.3, 0.4) is 0 Å². The predicted molar refractivity (Wildman–Crippen MR) is 95.8 cm³/mol.